The molecule has 0 aliphatic heterocycles. The van der Waals surface area contributed by atoms with Crippen LogP contribution in [-0.4, -0.2) is 26.5 Å². The Bertz CT molecular complexity index is 1350. The van der Waals surface area contributed by atoms with Gasteiger partial charge in [-0.25, -0.2) is 9.97 Å². The Morgan fingerprint density at radius 3 is 2.69 bits per heavy atom. The summed E-state index contributed by atoms with van der Waals surface area (Å²) in [7, 11) is 0. The van der Waals surface area contributed by atoms with Gasteiger partial charge in [-0.3, -0.25) is 9.36 Å². The molecule has 5 rings (SSSR count). The third-order valence-corrected chi connectivity index (χ3v) is 8.55. The SMILES string of the molecule is Cc1cccc(CSc2nc3cccnc3n2Cc2ccc(C(=O)N[C@@H]3CCC[C@H](C)[C@H]3C)cc2)c1. The third kappa shape index (κ3) is 5.49. The zero-order valence-corrected chi connectivity index (χ0v) is 22.1. The lowest BCUT2D eigenvalue weighted by molar-refractivity contribution is 0.0891. The molecule has 1 aliphatic carbocycles. The quantitative estimate of drug-likeness (QED) is 0.290. The second-order valence-corrected chi connectivity index (χ2v) is 11.1. The van der Waals surface area contributed by atoms with E-state index in [1.807, 2.05) is 42.6 Å². The predicted octanol–water partition coefficient (Wildman–Crippen LogP) is 6.63. The molecule has 2 aromatic heterocycles. The summed E-state index contributed by atoms with van der Waals surface area (Å²) in [5, 5.41) is 4.23. The molecule has 186 valence electrons. The Kier molecular flexibility index (Phi) is 7.42. The first-order chi connectivity index (χ1) is 17.5. The van der Waals surface area contributed by atoms with E-state index in [0.29, 0.717) is 23.9 Å². The number of carbonyl (C=O) groups is 1. The maximum atomic E-state index is 12.9. The largest absolute Gasteiger partial charge is 0.349 e. The lowest BCUT2D eigenvalue weighted by Crippen LogP contribution is -2.43. The standard InChI is InChI=1S/C30H34N4OS/c1-20-7-4-9-24(17-20)19-36-30-33-27-11-6-16-31-28(27)34(30)18-23-12-14-25(15-13-23)29(35)32-26-10-5-8-21(2)22(26)3/h4,6-7,9,11-17,21-22,26H,5,8,10,18-19H2,1-3H3,(H,32,35)/t21-,22+,26+/m0/s1. The predicted molar refractivity (Wildman–Crippen MR) is 147 cm³/mol. The summed E-state index contributed by atoms with van der Waals surface area (Å²) in [5.74, 6) is 2.04. The monoisotopic (exact) mass is 498 g/mol. The van der Waals surface area contributed by atoms with Crippen LogP contribution in [0.25, 0.3) is 11.2 Å². The molecule has 1 amide bonds. The van der Waals surface area contributed by atoms with E-state index in [1.165, 1.54) is 24.0 Å². The van der Waals surface area contributed by atoms with Gasteiger partial charge in [0.1, 0.15) is 5.52 Å². The number of carbonyl (C=O) groups excluding carboxylic acids is 1. The fourth-order valence-corrected chi connectivity index (χ4v) is 6.07. The summed E-state index contributed by atoms with van der Waals surface area (Å²) in [6.07, 6.45) is 5.33. The van der Waals surface area contributed by atoms with Crippen LogP contribution in [0.4, 0.5) is 0 Å². The summed E-state index contributed by atoms with van der Waals surface area (Å²) in [5.41, 5.74) is 6.16. The smallest absolute Gasteiger partial charge is 0.251 e. The highest BCUT2D eigenvalue weighted by Gasteiger charge is 2.28. The molecule has 0 bridgehead atoms. The first-order valence-corrected chi connectivity index (χ1v) is 13.9. The molecule has 5 nitrogen and oxygen atoms in total. The molecule has 2 heterocycles. The molecule has 36 heavy (non-hydrogen) atoms. The minimum atomic E-state index is 0.0247. The number of fused-ring (bicyclic) bond motifs is 1. The lowest BCUT2D eigenvalue weighted by atomic mass is 9.78. The molecule has 1 N–H and O–H groups in total. The van der Waals surface area contributed by atoms with Gasteiger partial charge in [0.15, 0.2) is 10.8 Å². The molecule has 0 radical (unpaired) electrons. The van der Waals surface area contributed by atoms with Crippen LogP contribution < -0.4 is 5.32 Å². The second-order valence-electron chi connectivity index (χ2n) is 10.1. The number of hydrogen-bond donors (Lipinski definition) is 1. The third-order valence-electron chi connectivity index (χ3n) is 7.50. The highest BCUT2D eigenvalue weighted by molar-refractivity contribution is 7.98. The number of imidazole rings is 1. The number of hydrogen-bond acceptors (Lipinski definition) is 4. The van der Waals surface area contributed by atoms with Crippen LogP contribution in [0.15, 0.2) is 72.0 Å². The van der Waals surface area contributed by atoms with Crippen LogP contribution in [0.5, 0.6) is 0 Å². The molecule has 1 fully saturated rings. The number of benzene rings is 2. The van der Waals surface area contributed by atoms with Crippen molar-refractivity contribution in [2.75, 3.05) is 0 Å². The number of aryl methyl sites for hydroxylation is 1. The molecule has 1 saturated carbocycles. The first kappa shape index (κ1) is 24.6. The van der Waals surface area contributed by atoms with Crippen LogP contribution >= 0.6 is 11.8 Å². The number of thioether (sulfide) groups is 1. The number of pyridine rings is 1. The maximum absolute atomic E-state index is 12.9. The Morgan fingerprint density at radius 2 is 1.89 bits per heavy atom. The fourth-order valence-electron chi connectivity index (χ4n) is 5.12. The fraction of sp³-hybridized carbons (Fsp3) is 0.367. The second kappa shape index (κ2) is 10.9. The van der Waals surface area contributed by atoms with E-state index >= 15 is 0 Å². The van der Waals surface area contributed by atoms with E-state index in [-0.39, 0.29) is 11.9 Å². The Morgan fingerprint density at radius 1 is 1.06 bits per heavy atom. The van der Waals surface area contributed by atoms with Gasteiger partial charge in [0.2, 0.25) is 0 Å². The van der Waals surface area contributed by atoms with Crippen molar-refractivity contribution >= 4 is 28.8 Å². The van der Waals surface area contributed by atoms with Crippen molar-refractivity contribution in [3.8, 4) is 0 Å². The molecular weight excluding hydrogens is 464 g/mol. The lowest BCUT2D eigenvalue weighted by Gasteiger charge is -2.34. The minimum Gasteiger partial charge on any atom is -0.349 e. The van der Waals surface area contributed by atoms with Crippen LogP contribution in [0.2, 0.25) is 0 Å². The van der Waals surface area contributed by atoms with Crippen LogP contribution in [0.1, 0.15) is 60.2 Å². The summed E-state index contributed by atoms with van der Waals surface area (Å²) in [4.78, 5) is 22.4. The highest BCUT2D eigenvalue weighted by Crippen LogP contribution is 2.30. The van der Waals surface area contributed by atoms with E-state index in [4.69, 9.17) is 4.98 Å². The van der Waals surface area contributed by atoms with E-state index in [0.717, 1.165) is 34.1 Å². The molecular formula is C30H34N4OS. The van der Waals surface area contributed by atoms with E-state index < -0.39 is 0 Å². The zero-order chi connectivity index (χ0) is 25.1. The van der Waals surface area contributed by atoms with Crippen molar-refractivity contribution in [1.82, 2.24) is 19.9 Å². The molecule has 6 heteroatoms. The normalized spacial score (nSPS) is 19.9. The molecule has 4 aromatic rings. The van der Waals surface area contributed by atoms with Crippen molar-refractivity contribution < 1.29 is 4.79 Å². The molecule has 1 aliphatic rings. The summed E-state index contributed by atoms with van der Waals surface area (Å²) in [6, 6.07) is 20.8. The number of rotatable bonds is 7. The molecule has 0 spiro atoms. The number of nitrogens with one attached hydrogen (secondary N) is 1. The van der Waals surface area contributed by atoms with Gasteiger partial charge in [-0.1, -0.05) is 80.4 Å². The number of aromatic nitrogens is 3. The number of nitrogens with zero attached hydrogens (tertiary/aromatic N) is 3. The van der Waals surface area contributed by atoms with Crippen molar-refractivity contribution in [3.05, 3.63) is 89.1 Å². The van der Waals surface area contributed by atoms with Gasteiger partial charge >= 0.3 is 0 Å². The average molecular weight is 499 g/mol. The summed E-state index contributed by atoms with van der Waals surface area (Å²) < 4.78 is 2.18. The van der Waals surface area contributed by atoms with Crippen molar-refractivity contribution in [3.63, 3.8) is 0 Å². The minimum absolute atomic E-state index is 0.0247. The van der Waals surface area contributed by atoms with Gasteiger partial charge in [0, 0.05) is 23.6 Å². The topological polar surface area (TPSA) is 59.8 Å². The van der Waals surface area contributed by atoms with Crippen LogP contribution in [-0.2, 0) is 12.3 Å². The Balaban J connectivity index is 1.31. The first-order valence-electron chi connectivity index (χ1n) is 12.9. The maximum Gasteiger partial charge on any atom is 0.251 e. The highest BCUT2D eigenvalue weighted by atomic mass is 32.2. The Labute approximate surface area is 217 Å². The van der Waals surface area contributed by atoms with Crippen LogP contribution in [0.3, 0.4) is 0 Å². The average Bonchev–Trinajstić information content (AvgIpc) is 3.23. The van der Waals surface area contributed by atoms with Crippen molar-refractivity contribution in [1.29, 1.82) is 0 Å². The van der Waals surface area contributed by atoms with Crippen molar-refractivity contribution in [2.24, 2.45) is 11.8 Å². The molecule has 0 unspecified atom stereocenters. The molecule has 3 atom stereocenters. The van der Waals surface area contributed by atoms with Crippen molar-refractivity contribution in [2.45, 2.75) is 63.5 Å². The molecule has 0 saturated heterocycles. The Hall–Kier alpha value is -3.12. The van der Waals surface area contributed by atoms with Gasteiger partial charge in [0.25, 0.3) is 5.91 Å². The van der Waals surface area contributed by atoms with Gasteiger partial charge in [0.05, 0.1) is 6.54 Å². The van der Waals surface area contributed by atoms with Gasteiger partial charge in [-0.2, -0.15) is 0 Å². The van der Waals surface area contributed by atoms with E-state index in [1.54, 1.807) is 11.8 Å². The summed E-state index contributed by atoms with van der Waals surface area (Å²) >= 11 is 1.73. The number of amides is 1. The summed E-state index contributed by atoms with van der Waals surface area (Å²) in [6.45, 7) is 7.33. The van der Waals surface area contributed by atoms with Gasteiger partial charge in [-0.15, -0.1) is 0 Å². The van der Waals surface area contributed by atoms with Crippen LogP contribution in [0, 0.1) is 18.8 Å². The molecule has 2 aromatic carbocycles. The van der Waals surface area contributed by atoms with E-state index in [9.17, 15) is 4.79 Å². The van der Waals surface area contributed by atoms with Gasteiger partial charge < -0.3 is 5.32 Å². The van der Waals surface area contributed by atoms with Gasteiger partial charge in [-0.05, 0) is 60.6 Å². The van der Waals surface area contributed by atoms with E-state index in [2.05, 4.69) is 59.9 Å². The zero-order valence-electron chi connectivity index (χ0n) is 21.3.